The fraction of sp³-hybridized carbons (Fsp3) is 0.100. The quantitative estimate of drug-likeness (QED) is 0.598. The summed E-state index contributed by atoms with van der Waals surface area (Å²) in [7, 11) is 1.58. The predicted octanol–water partition coefficient (Wildman–Crippen LogP) is 0.456. The molecule has 0 spiro atoms. The Balaban J connectivity index is 0.00000169. The maximum Gasteiger partial charge on any atom is 1.00 e. The second-order valence-corrected chi connectivity index (χ2v) is 2.43. The van der Waals surface area contributed by atoms with E-state index in [1.807, 2.05) is 0 Å². The summed E-state index contributed by atoms with van der Waals surface area (Å²) >= 11 is 0. The average molecular weight is 285 g/mol. The van der Waals surface area contributed by atoms with Gasteiger partial charge in [-0.15, -0.1) is 0 Å². The number of aliphatic carboxylic acids is 1. The molecule has 1 rings (SSSR count). The molecule has 0 aliphatic heterocycles. The van der Waals surface area contributed by atoms with Crippen LogP contribution in [0.1, 0.15) is 5.56 Å². The van der Waals surface area contributed by atoms with E-state index in [0.29, 0.717) is 0 Å². The van der Waals surface area contributed by atoms with Crippen LogP contribution in [-0.2, 0) is 27.2 Å². The van der Waals surface area contributed by atoms with Gasteiger partial charge in [-0.05, 0) is 23.8 Å². The second-order valence-electron chi connectivity index (χ2n) is 2.43. The Morgan fingerprint density at radius 1 is 1.36 bits per heavy atom. The van der Waals surface area contributed by atoms with Crippen LogP contribution in [0.5, 0.6) is 5.75 Å². The summed E-state index contributed by atoms with van der Waals surface area (Å²) in [5, 5.41) is 10.1. The molecule has 1 aromatic rings. The molecule has 0 radical (unpaired) electrons. The van der Waals surface area contributed by atoms with E-state index >= 15 is 0 Å². The van der Waals surface area contributed by atoms with Gasteiger partial charge in [0.1, 0.15) is 5.75 Å². The van der Waals surface area contributed by atoms with Crippen molar-refractivity contribution in [3.8, 4) is 5.75 Å². The maximum absolute atomic E-state index is 10.1. The third-order valence-electron chi connectivity index (χ3n) is 1.53. The number of carboxylic acid groups (broad SMARTS) is 1. The van der Waals surface area contributed by atoms with E-state index in [2.05, 4.69) is 0 Å². The zero-order chi connectivity index (χ0) is 9.68. The first-order valence-corrected chi connectivity index (χ1v) is 3.75. The van der Waals surface area contributed by atoms with Crippen molar-refractivity contribution < 1.29 is 37.0 Å². The monoisotopic (exact) mass is 284 g/mol. The van der Waals surface area contributed by atoms with Crippen LogP contribution in [0.3, 0.4) is 0 Å². The van der Waals surface area contributed by atoms with Gasteiger partial charge < -0.3 is 14.6 Å². The van der Waals surface area contributed by atoms with E-state index in [0.717, 1.165) is 17.4 Å². The van der Waals surface area contributed by atoms with E-state index in [9.17, 15) is 9.90 Å². The summed E-state index contributed by atoms with van der Waals surface area (Å²) in [5.41, 5.74) is 0.796. The molecular weight excluding hydrogens is 276 g/mol. The number of carbonyl (C=O) groups is 1. The molecule has 0 aromatic heterocycles. The van der Waals surface area contributed by atoms with Crippen LogP contribution in [0.15, 0.2) is 30.3 Å². The summed E-state index contributed by atoms with van der Waals surface area (Å²) in [6.07, 6.45) is 2.45. The minimum atomic E-state index is -1.20. The van der Waals surface area contributed by atoms with Gasteiger partial charge in [-0.1, -0.05) is 18.2 Å². The number of hydrogen-bond donors (Lipinski definition) is 0. The van der Waals surface area contributed by atoms with Gasteiger partial charge in [0.15, 0.2) is 0 Å². The van der Waals surface area contributed by atoms with Gasteiger partial charge in [0, 0.05) is 0 Å². The molecule has 0 saturated heterocycles. The summed E-state index contributed by atoms with van der Waals surface area (Å²) in [5.74, 6) is -0.457. The van der Waals surface area contributed by atoms with Gasteiger partial charge in [-0.25, -0.2) is 0 Å². The molecule has 0 heterocycles. The Labute approximate surface area is 97.9 Å². The molecule has 0 N–H and O–H groups in total. The van der Waals surface area contributed by atoms with Crippen molar-refractivity contribution in [1.82, 2.24) is 0 Å². The van der Waals surface area contributed by atoms with Crippen molar-refractivity contribution in [2.45, 2.75) is 0 Å². The molecule has 0 fully saturated rings. The first-order chi connectivity index (χ1) is 6.22. The van der Waals surface area contributed by atoms with Crippen molar-refractivity contribution in [2.24, 2.45) is 0 Å². The Morgan fingerprint density at radius 3 is 2.36 bits per heavy atom. The van der Waals surface area contributed by atoms with Gasteiger partial charge in [0.05, 0.1) is 13.1 Å². The molecule has 0 aliphatic carbocycles. The van der Waals surface area contributed by atoms with Gasteiger partial charge in [-0.3, -0.25) is 0 Å². The number of methoxy groups -OCH3 is 1. The van der Waals surface area contributed by atoms with Gasteiger partial charge in [-0.2, -0.15) is 0 Å². The van der Waals surface area contributed by atoms with Crippen LogP contribution in [0.2, 0.25) is 0 Å². The molecule has 1 aromatic carbocycles. The van der Waals surface area contributed by atoms with Gasteiger partial charge >= 0.3 is 22.4 Å². The third-order valence-corrected chi connectivity index (χ3v) is 1.53. The molecule has 0 unspecified atom stereocenters. The first-order valence-electron chi connectivity index (χ1n) is 3.75. The van der Waals surface area contributed by atoms with Crippen LogP contribution in [0, 0.1) is 0 Å². The minimum absolute atomic E-state index is 0. The Kier molecular flexibility index (Phi) is 5.96. The van der Waals surface area contributed by atoms with Crippen molar-refractivity contribution >= 4 is 12.0 Å². The average Bonchev–Trinajstić information content (AvgIpc) is 2.15. The number of carbonyl (C=O) groups excluding carboxylic acids is 1. The Morgan fingerprint density at radius 2 is 1.93 bits per heavy atom. The number of benzene rings is 1. The van der Waals surface area contributed by atoms with Gasteiger partial charge in [0.25, 0.3) is 0 Å². The topological polar surface area (TPSA) is 49.4 Å². The van der Waals surface area contributed by atoms with Crippen LogP contribution < -0.4 is 9.84 Å². The molecule has 0 atom stereocenters. The van der Waals surface area contributed by atoms with Crippen LogP contribution in [-0.4, -0.2) is 13.1 Å². The summed E-state index contributed by atoms with van der Waals surface area (Å²) < 4.78 is 4.94. The first kappa shape index (κ1) is 13.0. The molecule has 4 heteroatoms. The Bertz CT molecular complexity index is 317. The third kappa shape index (κ3) is 4.28. The van der Waals surface area contributed by atoms with Crippen LogP contribution >= 0.6 is 0 Å². The Hall–Kier alpha value is -1.03. The molecule has 14 heavy (non-hydrogen) atoms. The smallest absolute Gasteiger partial charge is 0.545 e. The van der Waals surface area contributed by atoms with E-state index in [1.165, 1.54) is 6.08 Å². The summed E-state index contributed by atoms with van der Waals surface area (Å²) in [6.45, 7) is 0. The van der Waals surface area contributed by atoms with E-state index < -0.39 is 5.97 Å². The number of rotatable bonds is 3. The van der Waals surface area contributed by atoms with Crippen molar-refractivity contribution in [2.75, 3.05) is 7.11 Å². The van der Waals surface area contributed by atoms with Crippen molar-refractivity contribution in [3.05, 3.63) is 35.9 Å². The van der Waals surface area contributed by atoms with Crippen LogP contribution in [0.4, 0.5) is 0 Å². The molecule has 0 amide bonds. The molecule has 0 saturated carbocycles. The molecule has 0 aliphatic rings. The standard InChI is InChI=1S/C10H10O3.Ag/c1-13-9-5-2-8(3-6-9)4-7-10(11)12;/h2-7H,1H3,(H,11,12);/q;+1/p-1/b7-4+;. The fourth-order valence-corrected chi connectivity index (χ4v) is 0.879. The normalized spacial score (nSPS) is 9.50. The van der Waals surface area contributed by atoms with E-state index in [4.69, 9.17) is 4.74 Å². The molecule has 78 valence electrons. The van der Waals surface area contributed by atoms with E-state index in [1.54, 1.807) is 31.4 Å². The number of ether oxygens (including phenoxy) is 1. The zero-order valence-corrected chi connectivity index (χ0v) is 8.97. The SMILES string of the molecule is COc1ccc(/C=C/C(=O)[O-])cc1.[Ag+]. The second kappa shape index (κ2) is 6.43. The number of carboxylic acids is 1. The summed E-state index contributed by atoms with van der Waals surface area (Å²) in [6, 6.07) is 7.04. The minimum Gasteiger partial charge on any atom is -0.545 e. The van der Waals surface area contributed by atoms with Crippen molar-refractivity contribution in [3.63, 3.8) is 0 Å². The zero-order valence-electron chi connectivity index (χ0n) is 7.49. The fourth-order valence-electron chi connectivity index (χ4n) is 0.879. The summed E-state index contributed by atoms with van der Waals surface area (Å²) in [4.78, 5) is 10.1. The number of hydrogen-bond acceptors (Lipinski definition) is 3. The van der Waals surface area contributed by atoms with E-state index in [-0.39, 0.29) is 22.4 Å². The largest absolute Gasteiger partial charge is 1.00 e. The van der Waals surface area contributed by atoms with Crippen LogP contribution in [0.25, 0.3) is 6.08 Å². The molecule has 3 nitrogen and oxygen atoms in total. The predicted molar refractivity (Wildman–Crippen MR) is 47.0 cm³/mol. The molecular formula is C10H9AgO3. The maximum atomic E-state index is 10.1. The van der Waals surface area contributed by atoms with Gasteiger partial charge in [0.2, 0.25) is 0 Å². The van der Waals surface area contributed by atoms with Crippen molar-refractivity contribution in [1.29, 1.82) is 0 Å². The molecule has 0 bridgehead atoms.